The fourth-order valence-electron chi connectivity index (χ4n) is 5.99. The molecule has 1 aromatic rings. The zero-order valence-electron chi connectivity index (χ0n) is 22.7. The van der Waals surface area contributed by atoms with Gasteiger partial charge in [0.2, 0.25) is 21.3 Å². The van der Waals surface area contributed by atoms with Crippen LogP contribution >= 0.6 is 11.8 Å². The zero-order valence-corrected chi connectivity index (χ0v) is 24.4. The Hall–Kier alpha value is -1.69. The SMILES string of the molecule is CSc1cc2c(cc1OCC(C)(C)C(=O)O)S(=O)(=O)[C@H](F)[C@H](CCC(C)(F)F)CN2C12CCC(F)(CC1)CC2. The van der Waals surface area contributed by atoms with Gasteiger partial charge >= 0.3 is 5.97 Å². The lowest BCUT2D eigenvalue weighted by molar-refractivity contribution is -0.148. The molecule has 0 radical (unpaired) electrons. The zero-order chi connectivity index (χ0) is 29.0. The molecule has 5 rings (SSSR count). The Morgan fingerprint density at radius 3 is 2.26 bits per heavy atom. The first-order valence-electron chi connectivity index (χ1n) is 13.2. The molecule has 6 nitrogen and oxygen atoms in total. The largest absolute Gasteiger partial charge is 0.491 e. The maximum Gasteiger partial charge on any atom is 0.312 e. The van der Waals surface area contributed by atoms with E-state index < -0.39 is 56.2 Å². The highest BCUT2D eigenvalue weighted by Crippen LogP contribution is 2.55. The number of carboxylic acid groups (broad SMARTS) is 1. The summed E-state index contributed by atoms with van der Waals surface area (Å²) in [4.78, 5) is 13.7. The third kappa shape index (κ3) is 5.87. The number of alkyl halides is 4. The molecule has 0 spiro atoms. The minimum atomic E-state index is -4.63. The Kier molecular flexibility index (Phi) is 7.99. The fraction of sp³-hybridized carbons (Fsp3) is 0.741. The summed E-state index contributed by atoms with van der Waals surface area (Å²) in [6.45, 7) is 3.33. The highest BCUT2D eigenvalue weighted by atomic mass is 32.2. The van der Waals surface area contributed by atoms with Crippen LogP contribution in [-0.2, 0) is 14.6 Å². The Bertz CT molecular complexity index is 1190. The molecule has 1 aliphatic heterocycles. The molecule has 39 heavy (non-hydrogen) atoms. The first-order chi connectivity index (χ1) is 17.9. The van der Waals surface area contributed by atoms with E-state index in [1.807, 2.05) is 4.90 Å². The average Bonchev–Trinajstić information content (AvgIpc) is 2.94. The Morgan fingerprint density at radius 2 is 1.74 bits per heavy atom. The number of halogens is 4. The highest BCUT2D eigenvalue weighted by molar-refractivity contribution is 7.98. The molecule has 1 aromatic carbocycles. The van der Waals surface area contributed by atoms with Crippen LogP contribution in [0.4, 0.5) is 23.2 Å². The van der Waals surface area contributed by atoms with Gasteiger partial charge in [0.1, 0.15) is 18.0 Å². The van der Waals surface area contributed by atoms with Crippen LogP contribution in [0.5, 0.6) is 5.75 Å². The number of aliphatic carboxylic acids is 1. The summed E-state index contributed by atoms with van der Waals surface area (Å²) >= 11 is 1.27. The number of anilines is 1. The number of fused-ring (bicyclic) bond motifs is 4. The summed E-state index contributed by atoms with van der Waals surface area (Å²) in [5.41, 5.74) is -5.29. The molecule has 0 unspecified atom stereocenters. The van der Waals surface area contributed by atoms with E-state index in [1.54, 1.807) is 12.3 Å². The minimum absolute atomic E-state index is 0.0805. The van der Waals surface area contributed by atoms with Gasteiger partial charge < -0.3 is 14.7 Å². The Morgan fingerprint density at radius 1 is 1.15 bits per heavy atom. The minimum Gasteiger partial charge on any atom is -0.491 e. The molecule has 0 saturated heterocycles. The van der Waals surface area contributed by atoms with Crippen LogP contribution in [0, 0.1) is 11.3 Å². The molecule has 2 bridgehead atoms. The second-order valence-corrected chi connectivity index (χ2v) is 15.0. The summed E-state index contributed by atoms with van der Waals surface area (Å²) in [5, 5.41) is 9.47. The van der Waals surface area contributed by atoms with Crippen LogP contribution in [0.2, 0.25) is 0 Å². The van der Waals surface area contributed by atoms with E-state index in [1.165, 1.54) is 31.7 Å². The summed E-state index contributed by atoms with van der Waals surface area (Å²) < 4.78 is 91.8. The van der Waals surface area contributed by atoms with Crippen molar-refractivity contribution in [1.29, 1.82) is 0 Å². The Labute approximate surface area is 231 Å². The van der Waals surface area contributed by atoms with Crippen molar-refractivity contribution in [2.45, 2.75) is 105 Å². The molecule has 2 atom stereocenters. The van der Waals surface area contributed by atoms with Crippen LogP contribution in [0.25, 0.3) is 0 Å². The smallest absolute Gasteiger partial charge is 0.312 e. The molecular weight excluding hydrogens is 558 g/mol. The van der Waals surface area contributed by atoms with Crippen molar-refractivity contribution in [3.05, 3.63) is 12.1 Å². The van der Waals surface area contributed by atoms with Crippen molar-refractivity contribution in [1.82, 2.24) is 0 Å². The number of carboxylic acids is 1. The Balaban J connectivity index is 1.83. The number of hydrogen-bond donors (Lipinski definition) is 1. The number of hydrogen-bond acceptors (Lipinski definition) is 6. The maximum atomic E-state index is 15.9. The molecule has 12 heteroatoms. The number of carbonyl (C=O) groups is 1. The van der Waals surface area contributed by atoms with E-state index in [0.717, 1.165) is 6.92 Å². The molecule has 4 aliphatic rings. The topological polar surface area (TPSA) is 83.9 Å². The van der Waals surface area contributed by atoms with Crippen molar-refractivity contribution in [2.24, 2.45) is 11.3 Å². The van der Waals surface area contributed by atoms with Crippen LogP contribution in [0.3, 0.4) is 0 Å². The molecule has 220 valence electrons. The van der Waals surface area contributed by atoms with E-state index in [-0.39, 0.29) is 35.9 Å². The predicted octanol–water partition coefficient (Wildman–Crippen LogP) is 6.65. The molecule has 0 amide bonds. The van der Waals surface area contributed by atoms with Gasteiger partial charge in [-0.2, -0.15) is 0 Å². The summed E-state index contributed by atoms with van der Waals surface area (Å²) in [7, 11) is -4.63. The number of sulfone groups is 1. The van der Waals surface area contributed by atoms with E-state index in [4.69, 9.17) is 4.74 Å². The van der Waals surface area contributed by atoms with Gasteiger partial charge in [0, 0.05) is 30.5 Å². The van der Waals surface area contributed by atoms with Gasteiger partial charge in [-0.25, -0.2) is 26.0 Å². The molecule has 0 aromatic heterocycles. The number of nitrogens with zero attached hydrogens (tertiary/aromatic N) is 1. The van der Waals surface area contributed by atoms with E-state index in [9.17, 15) is 27.1 Å². The normalized spacial score (nSPS) is 30.5. The van der Waals surface area contributed by atoms with Crippen molar-refractivity contribution in [3.8, 4) is 5.75 Å². The van der Waals surface area contributed by atoms with Gasteiger partial charge in [-0.05, 0) is 78.0 Å². The predicted molar refractivity (Wildman–Crippen MR) is 142 cm³/mol. The van der Waals surface area contributed by atoms with E-state index >= 15 is 8.78 Å². The number of benzene rings is 1. The molecular formula is C27H37F4NO5S2. The van der Waals surface area contributed by atoms with Crippen LogP contribution in [-0.4, -0.2) is 61.5 Å². The van der Waals surface area contributed by atoms with Gasteiger partial charge in [-0.1, -0.05) is 0 Å². The second kappa shape index (κ2) is 10.3. The molecule has 3 aliphatic carbocycles. The quantitative estimate of drug-likeness (QED) is 0.253. The van der Waals surface area contributed by atoms with Gasteiger partial charge in [-0.3, -0.25) is 4.79 Å². The number of rotatable bonds is 9. The van der Waals surface area contributed by atoms with Gasteiger partial charge in [0.05, 0.1) is 20.9 Å². The van der Waals surface area contributed by atoms with Crippen molar-refractivity contribution >= 4 is 33.3 Å². The van der Waals surface area contributed by atoms with Crippen molar-refractivity contribution in [2.75, 3.05) is 24.3 Å². The van der Waals surface area contributed by atoms with Gasteiger partial charge in [0.15, 0.2) is 0 Å². The molecule has 3 saturated carbocycles. The number of ether oxygens (including phenoxy) is 1. The van der Waals surface area contributed by atoms with E-state index in [2.05, 4.69) is 0 Å². The van der Waals surface area contributed by atoms with Gasteiger partial charge in [-0.15, -0.1) is 11.8 Å². The monoisotopic (exact) mass is 595 g/mol. The summed E-state index contributed by atoms with van der Waals surface area (Å²) in [6.07, 6.45) is 3.06. The molecule has 1 N–H and O–H groups in total. The maximum absolute atomic E-state index is 15.9. The van der Waals surface area contributed by atoms with Crippen molar-refractivity contribution < 1.29 is 40.6 Å². The first-order valence-corrected chi connectivity index (χ1v) is 16.0. The third-order valence-electron chi connectivity index (χ3n) is 8.74. The lowest BCUT2D eigenvalue weighted by Gasteiger charge is -2.56. The second-order valence-electron chi connectivity index (χ2n) is 12.2. The summed E-state index contributed by atoms with van der Waals surface area (Å²) in [5.74, 6) is -5.29. The highest BCUT2D eigenvalue weighted by Gasteiger charge is 2.55. The lowest BCUT2D eigenvalue weighted by Crippen LogP contribution is -2.59. The van der Waals surface area contributed by atoms with Crippen LogP contribution < -0.4 is 9.64 Å². The molecule has 1 heterocycles. The standard InChI is InChI=1S/C27H37F4NO5S2/c1-24(2,23(33)34)16-37-19-14-21-18(13-20(19)38-4)32(27-10-7-26(31,8-11-27)9-12-27)15-17(5-6-25(3,29)30)22(28)39(21,35)36/h13-14,17,22H,5-12,15-16H2,1-4H3,(H,33,34)/t17-,22+,26?,27?/m1/s1. The van der Waals surface area contributed by atoms with E-state index in [0.29, 0.717) is 43.4 Å². The number of thioether (sulfide) groups is 1. The van der Waals surface area contributed by atoms with Crippen LogP contribution in [0.15, 0.2) is 21.9 Å². The summed E-state index contributed by atoms with van der Waals surface area (Å²) in [6, 6.07) is 2.86. The average molecular weight is 596 g/mol. The van der Waals surface area contributed by atoms with Gasteiger partial charge in [0.25, 0.3) is 0 Å². The third-order valence-corrected chi connectivity index (χ3v) is 11.4. The van der Waals surface area contributed by atoms with Crippen LogP contribution in [0.1, 0.15) is 72.1 Å². The fourth-order valence-corrected chi connectivity index (χ4v) is 8.24. The lowest BCUT2D eigenvalue weighted by atomic mass is 9.63. The molecule has 3 fully saturated rings. The van der Waals surface area contributed by atoms with Crippen molar-refractivity contribution in [3.63, 3.8) is 0 Å². The first kappa shape index (κ1) is 30.3.